The quantitative estimate of drug-likeness (QED) is 0.704. The first-order chi connectivity index (χ1) is 13.0. The molecule has 0 aliphatic carbocycles. The number of aromatic nitrogens is 2. The van der Waals surface area contributed by atoms with Crippen molar-refractivity contribution in [3.63, 3.8) is 0 Å². The molecule has 2 amide bonds. The fraction of sp³-hybridized carbons (Fsp3) is 0.150. The van der Waals surface area contributed by atoms with Crippen molar-refractivity contribution < 1.29 is 14.3 Å². The molecular weight excluding hydrogens is 344 g/mol. The maximum atomic E-state index is 12.4. The summed E-state index contributed by atoms with van der Waals surface area (Å²) in [6.07, 6.45) is 0.249. The topological polar surface area (TPSA) is 85.3 Å². The van der Waals surface area contributed by atoms with Crippen molar-refractivity contribution in [1.82, 2.24) is 9.78 Å². The Morgan fingerprint density at radius 2 is 1.74 bits per heavy atom. The molecule has 7 heteroatoms. The molecule has 1 aromatic heterocycles. The molecule has 0 unspecified atom stereocenters. The molecule has 0 aliphatic rings. The van der Waals surface area contributed by atoms with Crippen LogP contribution in [-0.2, 0) is 18.3 Å². The summed E-state index contributed by atoms with van der Waals surface area (Å²) in [6.45, 7) is 0. The van der Waals surface area contributed by atoms with E-state index in [0.717, 1.165) is 5.56 Å². The summed E-state index contributed by atoms with van der Waals surface area (Å²) in [5, 5.41) is 9.70. The first kappa shape index (κ1) is 18.2. The minimum absolute atomic E-state index is 0.175. The number of nitrogens with one attached hydrogen (secondary N) is 2. The van der Waals surface area contributed by atoms with Crippen molar-refractivity contribution in [2.75, 3.05) is 17.7 Å². The molecule has 0 saturated carbocycles. The van der Waals surface area contributed by atoms with Gasteiger partial charge in [-0.1, -0.05) is 30.3 Å². The van der Waals surface area contributed by atoms with Crippen molar-refractivity contribution in [2.24, 2.45) is 7.05 Å². The van der Waals surface area contributed by atoms with Gasteiger partial charge in [0.1, 0.15) is 11.6 Å². The number of amides is 2. The third kappa shape index (κ3) is 4.72. The summed E-state index contributed by atoms with van der Waals surface area (Å²) in [5.41, 5.74) is 1.75. The van der Waals surface area contributed by atoms with E-state index >= 15 is 0 Å². The van der Waals surface area contributed by atoms with Crippen molar-refractivity contribution in [2.45, 2.75) is 6.42 Å². The number of carbonyl (C=O) groups is 2. The average molecular weight is 364 g/mol. The van der Waals surface area contributed by atoms with Gasteiger partial charge in [-0.05, 0) is 29.8 Å². The fourth-order valence-electron chi connectivity index (χ4n) is 2.53. The minimum Gasteiger partial charge on any atom is -0.497 e. The van der Waals surface area contributed by atoms with E-state index in [4.69, 9.17) is 4.74 Å². The Kier molecular flexibility index (Phi) is 5.51. The van der Waals surface area contributed by atoms with Crippen LogP contribution in [0.4, 0.5) is 11.5 Å². The van der Waals surface area contributed by atoms with Gasteiger partial charge in [0.15, 0.2) is 5.69 Å². The van der Waals surface area contributed by atoms with Crippen LogP contribution in [0.15, 0.2) is 60.7 Å². The second kappa shape index (κ2) is 8.18. The van der Waals surface area contributed by atoms with E-state index in [1.54, 1.807) is 44.5 Å². The van der Waals surface area contributed by atoms with Crippen LogP contribution < -0.4 is 15.4 Å². The van der Waals surface area contributed by atoms with Gasteiger partial charge in [-0.15, -0.1) is 0 Å². The summed E-state index contributed by atoms with van der Waals surface area (Å²) in [4.78, 5) is 24.6. The fourth-order valence-corrected chi connectivity index (χ4v) is 2.53. The molecule has 2 aromatic carbocycles. The number of anilines is 2. The third-order valence-electron chi connectivity index (χ3n) is 3.94. The van der Waals surface area contributed by atoms with E-state index in [9.17, 15) is 9.59 Å². The average Bonchev–Trinajstić information content (AvgIpc) is 3.03. The number of hydrogen-bond donors (Lipinski definition) is 2. The van der Waals surface area contributed by atoms with Crippen LogP contribution in [-0.4, -0.2) is 28.7 Å². The standard InChI is InChI=1S/C20H20N4O3/c1-24-18(22-19(25)12-14-6-4-3-5-7-14)13-17(23-24)20(26)21-15-8-10-16(27-2)11-9-15/h3-11,13H,12H2,1-2H3,(H,21,26)(H,22,25). The monoisotopic (exact) mass is 364 g/mol. The van der Waals surface area contributed by atoms with Crippen LogP contribution in [0.25, 0.3) is 0 Å². The number of carbonyl (C=O) groups excluding carboxylic acids is 2. The van der Waals surface area contributed by atoms with E-state index in [1.165, 1.54) is 4.68 Å². The van der Waals surface area contributed by atoms with Crippen LogP contribution in [0.1, 0.15) is 16.1 Å². The lowest BCUT2D eigenvalue weighted by Crippen LogP contribution is -2.16. The molecule has 0 fully saturated rings. The lowest BCUT2D eigenvalue weighted by atomic mass is 10.1. The highest BCUT2D eigenvalue weighted by molar-refractivity contribution is 6.04. The summed E-state index contributed by atoms with van der Waals surface area (Å²) >= 11 is 0. The Morgan fingerprint density at radius 3 is 2.41 bits per heavy atom. The number of hydrogen-bond acceptors (Lipinski definition) is 4. The lowest BCUT2D eigenvalue weighted by molar-refractivity contribution is -0.115. The van der Waals surface area contributed by atoms with Gasteiger partial charge in [-0.25, -0.2) is 0 Å². The molecule has 0 spiro atoms. The van der Waals surface area contributed by atoms with E-state index in [1.807, 2.05) is 30.3 Å². The highest BCUT2D eigenvalue weighted by atomic mass is 16.5. The van der Waals surface area contributed by atoms with Gasteiger partial charge in [0.2, 0.25) is 5.91 Å². The van der Waals surface area contributed by atoms with Gasteiger partial charge < -0.3 is 15.4 Å². The van der Waals surface area contributed by atoms with Crippen molar-refractivity contribution in [3.05, 3.63) is 71.9 Å². The molecule has 3 rings (SSSR count). The van der Waals surface area contributed by atoms with E-state index in [-0.39, 0.29) is 23.9 Å². The molecule has 0 aliphatic heterocycles. The van der Waals surface area contributed by atoms with Crippen LogP contribution in [0.3, 0.4) is 0 Å². The zero-order valence-corrected chi connectivity index (χ0v) is 15.1. The summed E-state index contributed by atoms with van der Waals surface area (Å²) < 4.78 is 6.55. The summed E-state index contributed by atoms with van der Waals surface area (Å²) in [5.74, 6) is 0.621. The Bertz CT molecular complexity index is 934. The largest absolute Gasteiger partial charge is 0.497 e. The molecule has 2 N–H and O–H groups in total. The summed E-state index contributed by atoms with van der Waals surface area (Å²) in [6, 6.07) is 18.0. The highest BCUT2D eigenvalue weighted by Crippen LogP contribution is 2.17. The van der Waals surface area contributed by atoms with Crippen LogP contribution in [0.2, 0.25) is 0 Å². The third-order valence-corrected chi connectivity index (χ3v) is 3.94. The molecule has 138 valence electrons. The minimum atomic E-state index is -0.362. The predicted molar refractivity (Wildman–Crippen MR) is 103 cm³/mol. The number of methoxy groups -OCH3 is 1. The Balaban J connectivity index is 1.64. The molecule has 0 bridgehead atoms. The van der Waals surface area contributed by atoms with Crippen molar-refractivity contribution in [3.8, 4) is 5.75 Å². The van der Waals surface area contributed by atoms with Gasteiger partial charge >= 0.3 is 0 Å². The Hall–Kier alpha value is -3.61. The number of aryl methyl sites for hydroxylation is 1. The van der Waals surface area contributed by atoms with E-state index in [0.29, 0.717) is 17.3 Å². The van der Waals surface area contributed by atoms with Gasteiger partial charge in [0, 0.05) is 18.8 Å². The van der Waals surface area contributed by atoms with Gasteiger partial charge in [-0.3, -0.25) is 14.3 Å². The van der Waals surface area contributed by atoms with Gasteiger partial charge in [0.05, 0.1) is 13.5 Å². The second-order valence-electron chi connectivity index (χ2n) is 5.93. The molecule has 0 radical (unpaired) electrons. The molecule has 1 heterocycles. The second-order valence-corrected chi connectivity index (χ2v) is 5.93. The summed E-state index contributed by atoms with van der Waals surface area (Å²) in [7, 11) is 3.25. The first-order valence-electron chi connectivity index (χ1n) is 8.38. The predicted octanol–water partition coefficient (Wildman–Crippen LogP) is 2.86. The van der Waals surface area contributed by atoms with Crippen LogP contribution in [0, 0.1) is 0 Å². The maximum Gasteiger partial charge on any atom is 0.276 e. The molecule has 0 saturated heterocycles. The lowest BCUT2D eigenvalue weighted by Gasteiger charge is -2.04. The van der Waals surface area contributed by atoms with Crippen molar-refractivity contribution >= 4 is 23.3 Å². The molecule has 7 nitrogen and oxygen atoms in total. The van der Waals surface area contributed by atoms with Crippen LogP contribution >= 0.6 is 0 Å². The van der Waals surface area contributed by atoms with Gasteiger partial charge in [-0.2, -0.15) is 5.10 Å². The van der Waals surface area contributed by atoms with Crippen molar-refractivity contribution in [1.29, 1.82) is 0 Å². The molecular formula is C20H20N4O3. The smallest absolute Gasteiger partial charge is 0.276 e. The first-order valence-corrected chi connectivity index (χ1v) is 8.38. The zero-order valence-electron chi connectivity index (χ0n) is 15.1. The molecule has 3 aromatic rings. The maximum absolute atomic E-state index is 12.4. The Labute approximate surface area is 157 Å². The van der Waals surface area contributed by atoms with Gasteiger partial charge in [0.25, 0.3) is 5.91 Å². The SMILES string of the molecule is COc1ccc(NC(=O)c2cc(NC(=O)Cc3ccccc3)n(C)n2)cc1. The van der Waals surface area contributed by atoms with E-state index in [2.05, 4.69) is 15.7 Å². The zero-order chi connectivity index (χ0) is 19.2. The normalized spacial score (nSPS) is 10.3. The molecule has 0 atom stereocenters. The number of nitrogens with zero attached hydrogens (tertiary/aromatic N) is 2. The Morgan fingerprint density at radius 1 is 1.04 bits per heavy atom. The number of benzene rings is 2. The number of rotatable bonds is 6. The van der Waals surface area contributed by atoms with Crippen LogP contribution in [0.5, 0.6) is 5.75 Å². The molecule has 27 heavy (non-hydrogen) atoms. The van der Waals surface area contributed by atoms with E-state index < -0.39 is 0 Å². The highest BCUT2D eigenvalue weighted by Gasteiger charge is 2.15. The number of ether oxygens (including phenoxy) is 1.